The highest BCUT2D eigenvalue weighted by atomic mass is 15.2. The van der Waals surface area contributed by atoms with Crippen LogP contribution >= 0.6 is 0 Å². The minimum absolute atomic E-state index is 0.691. The normalized spacial score (nSPS) is 17.6. The van der Waals surface area contributed by atoms with E-state index in [9.17, 15) is 0 Å². The van der Waals surface area contributed by atoms with Gasteiger partial charge in [0, 0.05) is 44.0 Å². The van der Waals surface area contributed by atoms with Crippen molar-refractivity contribution >= 4 is 5.82 Å². The van der Waals surface area contributed by atoms with Crippen LogP contribution in [0.25, 0.3) is 0 Å². The Bertz CT molecular complexity index is 346. The molecule has 1 aliphatic rings. The summed E-state index contributed by atoms with van der Waals surface area (Å²) in [5.74, 6) is 0.691. The molecule has 0 bridgehead atoms. The van der Waals surface area contributed by atoms with Crippen LogP contribution < -0.4 is 11.1 Å². The van der Waals surface area contributed by atoms with Gasteiger partial charge in [0.05, 0.1) is 0 Å². The first kappa shape index (κ1) is 11.4. The Morgan fingerprint density at radius 3 is 2.69 bits per heavy atom. The molecule has 2 heterocycles. The van der Waals surface area contributed by atoms with Crippen molar-refractivity contribution in [3.05, 3.63) is 22.9 Å². The third-order valence-electron chi connectivity index (χ3n) is 3.10. The number of nitrogens with two attached hydrogens (primary N) is 1. The highest BCUT2D eigenvalue weighted by Crippen LogP contribution is 2.18. The zero-order valence-corrected chi connectivity index (χ0v) is 10.1. The van der Waals surface area contributed by atoms with E-state index in [4.69, 9.17) is 5.73 Å². The van der Waals surface area contributed by atoms with Gasteiger partial charge in [0.1, 0.15) is 5.82 Å². The van der Waals surface area contributed by atoms with Crippen molar-refractivity contribution in [2.75, 3.05) is 31.9 Å². The van der Waals surface area contributed by atoms with Gasteiger partial charge >= 0.3 is 0 Å². The monoisotopic (exact) mass is 220 g/mol. The van der Waals surface area contributed by atoms with Gasteiger partial charge in [-0.1, -0.05) is 0 Å². The van der Waals surface area contributed by atoms with Gasteiger partial charge in [0.2, 0.25) is 0 Å². The summed E-state index contributed by atoms with van der Waals surface area (Å²) in [6.45, 7) is 9.34. The van der Waals surface area contributed by atoms with Gasteiger partial charge in [-0.25, -0.2) is 4.98 Å². The first-order chi connectivity index (χ1) is 7.66. The van der Waals surface area contributed by atoms with Gasteiger partial charge in [-0.05, 0) is 25.5 Å². The molecule has 1 saturated heterocycles. The number of rotatable bonds is 2. The number of hydrogen-bond acceptors (Lipinski definition) is 4. The maximum absolute atomic E-state index is 5.99. The van der Waals surface area contributed by atoms with E-state index in [2.05, 4.69) is 28.2 Å². The summed E-state index contributed by atoms with van der Waals surface area (Å²) in [7, 11) is 0. The molecule has 2 rings (SSSR count). The van der Waals surface area contributed by atoms with E-state index in [-0.39, 0.29) is 0 Å². The van der Waals surface area contributed by atoms with Crippen LogP contribution in [0.4, 0.5) is 5.82 Å². The number of nitrogens with one attached hydrogen (secondary N) is 1. The number of aryl methyl sites for hydroxylation is 2. The van der Waals surface area contributed by atoms with E-state index >= 15 is 0 Å². The third kappa shape index (κ3) is 2.51. The first-order valence-electron chi connectivity index (χ1n) is 5.82. The molecule has 1 aromatic rings. The van der Waals surface area contributed by atoms with Gasteiger partial charge in [-0.3, -0.25) is 4.90 Å². The smallest absolute Gasteiger partial charge is 0.128 e. The van der Waals surface area contributed by atoms with Crippen LogP contribution in [-0.4, -0.2) is 36.1 Å². The summed E-state index contributed by atoms with van der Waals surface area (Å²) in [5.41, 5.74) is 9.43. The number of hydrogen-bond donors (Lipinski definition) is 2. The second kappa shape index (κ2) is 4.80. The fourth-order valence-corrected chi connectivity index (χ4v) is 2.19. The van der Waals surface area contributed by atoms with Crippen molar-refractivity contribution < 1.29 is 0 Å². The Labute approximate surface area is 96.8 Å². The molecule has 0 atom stereocenters. The second-order valence-electron chi connectivity index (χ2n) is 4.47. The molecule has 0 radical (unpaired) electrons. The minimum Gasteiger partial charge on any atom is -0.383 e. The maximum Gasteiger partial charge on any atom is 0.128 e. The summed E-state index contributed by atoms with van der Waals surface area (Å²) in [4.78, 5) is 6.76. The zero-order valence-electron chi connectivity index (χ0n) is 10.1. The van der Waals surface area contributed by atoms with Crippen LogP contribution in [-0.2, 0) is 6.54 Å². The summed E-state index contributed by atoms with van der Waals surface area (Å²) in [6, 6.07) is 2.11. The van der Waals surface area contributed by atoms with Gasteiger partial charge in [-0.2, -0.15) is 0 Å². The van der Waals surface area contributed by atoms with E-state index in [1.807, 2.05) is 6.92 Å². The fraction of sp³-hybridized carbons (Fsp3) is 0.583. The topological polar surface area (TPSA) is 54.2 Å². The average Bonchev–Trinajstić information content (AvgIpc) is 2.25. The molecule has 1 aromatic heterocycles. The van der Waals surface area contributed by atoms with Crippen molar-refractivity contribution in [2.24, 2.45) is 0 Å². The van der Waals surface area contributed by atoms with E-state index in [0.29, 0.717) is 5.82 Å². The maximum atomic E-state index is 5.99. The quantitative estimate of drug-likeness (QED) is 0.770. The SMILES string of the molecule is Cc1cc(C)c(CN2CCNCC2)c(N)n1. The van der Waals surface area contributed by atoms with Crippen LogP contribution in [0.15, 0.2) is 6.07 Å². The summed E-state index contributed by atoms with van der Waals surface area (Å²) in [6.07, 6.45) is 0. The molecule has 88 valence electrons. The molecule has 16 heavy (non-hydrogen) atoms. The van der Waals surface area contributed by atoms with E-state index < -0.39 is 0 Å². The lowest BCUT2D eigenvalue weighted by Crippen LogP contribution is -2.43. The number of nitrogen functional groups attached to an aromatic ring is 1. The molecule has 4 nitrogen and oxygen atoms in total. The largest absolute Gasteiger partial charge is 0.383 e. The highest BCUT2D eigenvalue weighted by molar-refractivity contribution is 5.45. The summed E-state index contributed by atoms with van der Waals surface area (Å²) >= 11 is 0. The van der Waals surface area contributed by atoms with Gasteiger partial charge < -0.3 is 11.1 Å². The van der Waals surface area contributed by atoms with Crippen LogP contribution in [0, 0.1) is 13.8 Å². The fourth-order valence-electron chi connectivity index (χ4n) is 2.19. The van der Waals surface area contributed by atoms with Crippen molar-refractivity contribution in [1.29, 1.82) is 0 Å². The standard InChI is InChI=1S/C12H20N4/c1-9-7-10(2)15-12(13)11(9)8-16-5-3-14-4-6-16/h7,14H,3-6,8H2,1-2H3,(H2,13,15). The van der Waals surface area contributed by atoms with Gasteiger partial charge in [0.25, 0.3) is 0 Å². The minimum atomic E-state index is 0.691. The number of nitrogens with zero attached hydrogens (tertiary/aromatic N) is 2. The van der Waals surface area contributed by atoms with Crippen molar-refractivity contribution in [2.45, 2.75) is 20.4 Å². The zero-order chi connectivity index (χ0) is 11.5. The molecule has 0 amide bonds. The summed E-state index contributed by atoms with van der Waals surface area (Å²) < 4.78 is 0. The number of anilines is 1. The van der Waals surface area contributed by atoms with Gasteiger partial charge in [-0.15, -0.1) is 0 Å². The average molecular weight is 220 g/mol. The molecular formula is C12H20N4. The van der Waals surface area contributed by atoms with E-state index in [1.54, 1.807) is 0 Å². The van der Waals surface area contributed by atoms with E-state index in [0.717, 1.165) is 38.4 Å². The second-order valence-corrected chi connectivity index (χ2v) is 4.47. The molecule has 1 aliphatic heterocycles. The molecule has 0 aromatic carbocycles. The van der Waals surface area contributed by atoms with Crippen LogP contribution in [0.5, 0.6) is 0 Å². The predicted molar refractivity (Wildman–Crippen MR) is 66.3 cm³/mol. The molecular weight excluding hydrogens is 200 g/mol. The van der Waals surface area contributed by atoms with Crippen LogP contribution in [0.1, 0.15) is 16.8 Å². The van der Waals surface area contributed by atoms with Gasteiger partial charge in [0.15, 0.2) is 0 Å². The van der Waals surface area contributed by atoms with E-state index in [1.165, 1.54) is 11.1 Å². The molecule has 1 fully saturated rings. The molecule has 3 N–H and O–H groups in total. The lowest BCUT2D eigenvalue weighted by atomic mass is 10.1. The molecule has 0 aliphatic carbocycles. The van der Waals surface area contributed by atoms with Crippen molar-refractivity contribution in [3.63, 3.8) is 0 Å². The third-order valence-corrected chi connectivity index (χ3v) is 3.10. The lowest BCUT2D eigenvalue weighted by molar-refractivity contribution is 0.233. The first-order valence-corrected chi connectivity index (χ1v) is 5.82. The summed E-state index contributed by atoms with van der Waals surface area (Å²) in [5, 5.41) is 3.35. The molecule has 0 spiro atoms. The Hall–Kier alpha value is -1.13. The predicted octanol–water partition coefficient (Wildman–Crippen LogP) is 0.686. The Kier molecular flexibility index (Phi) is 3.41. The number of pyridine rings is 1. The Morgan fingerprint density at radius 1 is 1.38 bits per heavy atom. The molecule has 4 heteroatoms. The van der Waals surface area contributed by atoms with Crippen molar-refractivity contribution in [1.82, 2.24) is 15.2 Å². The highest BCUT2D eigenvalue weighted by Gasteiger charge is 2.13. The molecule has 0 unspecified atom stereocenters. The van der Waals surface area contributed by atoms with Crippen LogP contribution in [0.2, 0.25) is 0 Å². The lowest BCUT2D eigenvalue weighted by Gasteiger charge is -2.28. The number of aromatic nitrogens is 1. The Morgan fingerprint density at radius 2 is 2.06 bits per heavy atom. The van der Waals surface area contributed by atoms with Crippen LogP contribution in [0.3, 0.4) is 0 Å². The van der Waals surface area contributed by atoms with Crippen molar-refractivity contribution in [3.8, 4) is 0 Å². The number of piperazine rings is 1. The molecule has 0 saturated carbocycles. The Balaban J connectivity index is 2.14.